The summed E-state index contributed by atoms with van der Waals surface area (Å²) in [7, 11) is -0.875. The summed E-state index contributed by atoms with van der Waals surface area (Å²) >= 11 is 5.23. The molecule has 0 fully saturated rings. The highest BCUT2D eigenvalue weighted by atomic mass is 32.2. The van der Waals surface area contributed by atoms with Gasteiger partial charge in [-0.25, -0.2) is 8.42 Å². The van der Waals surface area contributed by atoms with E-state index in [0.29, 0.717) is 28.0 Å². The zero-order valence-electron chi connectivity index (χ0n) is 15.6. The van der Waals surface area contributed by atoms with Crippen LogP contribution in [-0.2, 0) is 10.0 Å². The quantitative estimate of drug-likeness (QED) is 0.605. The molecule has 0 bridgehead atoms. The van der Waals surface area contributed by atoms with Crippen LogP contribution >= 0.6 is 12.2 Å². The van der Waals surface area contributed by atoms with Gasteiger partial charge in [-0.05, 0) is 62.5 Å². The van der Waals surface area contributed by atoms with E-state index in [0.717, 1.165) is 0 Å². The Bertz CT molecular complexity index is 897. The molecule has 2 rings (SSSR count). The molecule has 146 valence electrons. The summed E-state index contributed by atoms with van der Waals surface area (Å²) in [6.45, 7) is 3.87. The maximum absolute atomic E-state index is 12.9. The van der Waals surface area contributed by atoms with Gasteiger partial charge in [0.25, 0.3) is 10.0 Å². The number of thiocarbonyl (C=S) groups is 1. The average Bonchev–Trinajstić information content (AvgIpc) is 2.61. The molecule has 0 saturated carbocycles. The van der Waals surface area contributed by atoms with E-state index in [1.54, 1.807) is 43.5 Å². The van der Waals surface area contributed by atoms with Crippen molar-refractivity contribution in [2.24, 2.45) is 0 Å². The van der Waals surface area contributed by atoms with Gasteiger partial charge >= 0.3 is 0 Å². The number of benzene rings is 2. The molecule has 0 spiro atoms. The van der Waals surface area contributed by atoms with E-state index >= 15 is 0 Å². The van der Waals surface area contributed by atoms with Gasteiger partial charge < -0.3 is 20.1 Å². The molecular weight excluding hydrogens is 386 g/mol. The van der Waals surface area contributed by atoms with Crippen LogP contribution in [0.25, 0.3) is 0 Å². The van der Waals surface area contributed by atoms with E-state index in [2.05, 4.69) is 15.4 Å². The van der Waals surface area contributed by atoms with Gasteiger partial charge in [-0.3, -0.25) is 4.72 Å². The third-order valence-electron chi connectivity index (χ3n) is 3.49. The molecular formula is C18H23N3O4S2. The zero-order valence-corrected chi connectivity index (χ0v) is 17.2. The summed E-state index contributed by atoms with van der Waals surface area (Å²) < 4.78 is 38.7. The third kappa shape index (κ3) is 5.73. The molecule has 2 aromatic rings. The first-order chi connectivity index (χ1) is 12.7. The van der Waals surface area contributed by atoms with Crippen molar-refractivity contribution < 1.29 is 17.9 Å². The smallest absolute Gasteiger partial charge is 0.264 e. The van der Waals surface area contributed by atoms with Crippen LogP contribution in [0.1, 0.15) is 13.8 Å². The van der Waals surface area contributed by atoms with Crippen LogP contribution in [0.3, 0.4) is 0 Å². The van der Waals surface area contributed by atoms with Gasteiger partial charge in [0.15, 0.2) is 5.11 Å². The number of hydrogen-bond acceptors (Lipinski definition) is 5. The predicted molar refractivity (Wildman–Crippen MR) is 111 cm³/mol. The van der Waals surface area contributed by atoms with E-state index < -0.39 is 10.0 Å². The third-order valence-corrected chi connectivity index (χ3v) is 5.13. The molecule has 2 aromatic carbocycles. The zero-order chi connectivity index (χ0) is 20.0. The largest absolute Gasteiger partial charge is 0.497 e. The number of methoxy groups -OCH3 is 2. The second-order valence-corrected chi connectivity index (χ2v) is 8.01. The van der Waals surface area contributed by atoms with Crippen molar-refractivity contribution in [2.45, 2.75) is 24.8 Å². The van der Waals surface area contributed by atoms with E-state index in [1.807, 2.05) is 13.8 Å². The van der Waals surface area contributed by atoms with Crippen LogP contribution in [0.4, 0.5) is 11.4 Å². The van der Waals surface area contributed by atoms with Gasteiger partial charge in [0, 0.05) is 17.8 Å². The number of ether oxygens (including phenoxy) is 2. The molecule has 7 nitrogen and oxygen atoms in total. The number of rotatable bonds is 7. The fourth-order valence-corrected chi connectivity index (χ4v) is 3.83. The van der Waals surface area contributed by atoms with Gasteiger partial charge in [-0.15, -0.1) is 0 Å². The Kier molecular flexibility index (Phi) is 6.86. The lowest BCUT2D eigenvalue weighted by atomic mass is 10.3. The molecule has 0 aliphatic carbocycles. The van der Waals surface area contributed by atoms with Crippen LogP contribution < -0.4 is 24.8 Å². The lowest BCUT2D eigenvalue weighted by molar-refractivity contribution is 0.413. The van der Waals surface area contributed by atoms with Crippen LogP contribution in [-0.4, -0.2) is 33.8 Å². The number of anilines is 2. The van der Waals surface area contributed by atoms with Crippen LogP contribution in [0, 0.1) is 0 Å². The fourth-order valence-electron chi connectivity index (χ4n) is 2.25. The van der Waals surface area contributed by atoms with Gasteiger partial charge in [0.05, 0.1) is 19.9 Å². The number of hydrogen-bond donors (Lipinski definition) is 3. The van der Waals surface area contributed by atoms with Gasteiger partial charge in [-0.2, -0.15) is 0 Å². The van der Waals surface area contributed by atoms with Crippen LogP contribution in [0.2, 0.25) is 0 Å². The Morgan fingerprint density at radius 1 is 1.00 bits per heavy atom. The molecule has 0 heterocycles. The minimum Gasteiger partial charge on any atom is -0.497 e. The monoisotopic (exact) mass is 409 g/mol. The molecule has 0 aliphatic rings. The Morgan fingerprint density at radius 2 is 1.59 bits per heavy atom. The molecule has 0 amide bonds. The summed E-state index contributed by atoms with van der Waals surface area (Å²) in [5.41, 5.74) is 0.752. The Hall–Kier alpha value is -2.52. The minimum atomic E-state index is -3.89. The first-order valence-electron chi connectivity index (χ1n) is 8.17. The van der Waals surface area contributed by atoms with Crippen LogP contribution in [0.15, 0.2) is 47.4 Å². The first kappa shape index (κ1) is 20.8. The highest BCUT2D eigenvalue weighted by Gasteiger charge is 2.21. The van der Waals surface area contributed by atoms with Crippen molar-refractivity contribution in [3.05, 3.63) is 42.5 Å². The van der Waals surface area contributed by atoms with Crippen molar-refractivity contribution >= 4 is 38.7 Å². The van der Waals surface area contributed by atoms with E-state index in [1.165, 1.54) is 13.2 Å². The summed E-state index contributed by atoms with van der Waals surface area (Å²) in [6.07, 6.45) is 0. The van der Waals surface area contributed by atoms with Crippen molar-refractivity contribution in [1.82, 2.24) is 5.32 Å². The lowest BCUT2D eigenvalue weighted by Crippen LogP contribution is -2.34. The van der Waals surface area contributed by atoms with E-state index in [9.17, 15) is 8.42 Å². The standard InChI is InChI=1S/C18H23N3O4S2/c1-12(2)19-18(26)20-16-10-9-15(25-4)11-17(16)27(22,23)21-13-5-7-14(24-3)8-6-13/h5-12,21H,1-4H3,(H2,19,20,26). The normalized spacial score (nSPS) is 11.0. The van der Waals surface area contributed by atoms with E-state index in [-0.39, 0.29) is 10.9 Å². The molecule has 0 saturated heterocycles. The van der Waals surface area contributed by atoms with Crippen molar-refractivity contribution in [3.8, 4) is 11.5 Å². The van der Waals surface area contributed by atoms with Gasteiger partial charge in [0.1, 0.15) is 16.4 Å². The Morgan fingerprint density at radius 3 is 2.15 bits per heavy atom. The molecule has 0 unspecified atom stereocenters. The fraction of sp³-hybridized carbons (Fsp3) is 0.278. The maximum atomic E-state index is 12.9. The molecule has 0 radical (unpaired) electrons. The molecule has 0 aromatic heterocycles. The molecule has 9 heteroatoms. The molecule has 0 aliphatic heterocycles. The maximum Gasteiger partial charge on any atom is 0.264 e. The Balaban J connectivity index is 2.35. The van der Waals surface area contributed by atoms with Crippen molar-refractivity contribution in [3.63, 3.8) is 0 Å². The summed E-state index contributed by atoms with van der Waals surface area (Å²) in [4.78, 5) is 0.0191. The molecule has 0 atom stereocenters. The highest BCUT2D eigenvalue weighted by molar-refractivity contribution is 7.93. The number of nitrogens with one attached hydrogen (secondary N) is 3. The van der Waals surface area contributed by atoms with Gasteiger partial charge in [-0.1, -0.05) is 0 Å². The SMILES string of the molecule is COc1ccc(NS(=O)(=O)c2cc(OC)ccc2NC(=S)NC(C)C)cc1. The number of sulfonamides is 1. The van der Waals surface area contributed by atoms with Crippen molar-refractivity contribution in [2.75, 3.05) is 24.3 Å². The topological polar surface area (TPSA) is 88.7 Å². The molecule has 3 N–H and O–H groups in total. The summed E-state index contributed by atoms with van der Waals surface area (Å²) in [5.74, 6) is 1.05. The second-order valence-electron chi connectivity index (χ2n) is 5.95. The lowest BCUT2D eigenvalue weighted by Gasteiger charge is -2.17. The predicted octanol–water partition coefficient (Wildman–Crippen LogP) is 3.20. The van der Waals surface area contributed by atoms with E-state index in [4.69, 9.17) is 21.7 Å². The minimum absolute atomic E-state index is 0.0191. The molecule has 27 heavy (non-hydrogen) atoms. The summed E-state index contributed by atoms with van der Waals surface area (Å²) in [5, 5.41) is 6.28. The average molecular weight is 410 g/mol. The Labute approximate surface area is 165 Å². The second kappa shape index (κ2) is 8.92. The first-order valence-corrected chi connectivity index (χ1v) is 10.1. The van der Waals surface area contributed by atoms with Crippen LogP contribution in [0.5, 0.6) is 11.5 Å². The summed E-state index contributed by atoms with van der Waals surface area (Å²) in [6, 6.07) is 11.4. The highest BCUT2D eigenvalue weighted by Crippen LogP contribution is 2.28. The van der Waals surface area contributed by atoms with Crippen molar-refractivity contribution in [1.29, 1.82) is 0 Å². The van der Waals surface area contributed by atoms with Gasteiger partial charge in [0.2, 0.25) is 0 Å².